The number of pyridine rings is 1. The van der Waals surface area contributed by atoms with E-state index in [9.17, 15) is 0 Å². The Hall–Kier alpha value is -1.68. The number of aryl methyl sites for hydroxylation is 3. The number of fused-ring (bicyclic) bond motifs is 2. The molecular weight excluding hydrogens is 248 g/mol. The van der Waals surface area contributed by atoms with Crippen molar-refractivity contribution in [3.63, 3.8) is 0 Å². The Labute approximate surface area is 119 Å². The Morgan fingerprint density at radius 2 is 1.90 bits per heavy atom. The average Bonchev–Trinajstić information content (AvgIpc) is 3.11. The summed E-state index contributed by atoms with van der Waals surface area (Å²) in [7, 11) is 0. The van der Waals surface area contributed by atoms with Gasteiger partial charge in [0, 0.05) is 23.5 Å². The maximum absolute atomic E-state index is 5.95. The molecular formula is C16H20N4. The second-order valence-electron chi connectivity index (χ2n) is 5.85. The first-order valence-corrected chi connectivity index (χ1v) is 7.64. The first-order valence-electron chi connectivity index (χ1n) is 7.64. The maximum atomic E-state index is 5.95. The van der Waals surface area contributed by atoms with Gasteiger partial charge in [0.25, 0.3) is 0 Å². The number of aromatic nitrogens is 3. The lowest BCUT2D eigenvalue weighted by molar-refractivity contribution is 0.652. The lowest BCUT2D eigenvalue weighted by Gasteiger charge is -2.16. The van der Waals surface area contributed by atoms with Gasteiger partial charge in [-0.25, -0.2) is 9.97 Å². The molecule has 2 heterocycles. The molecule has 4 heteroatoms. The molecule has 2 aromatic heterocycles. The summed E-state index contributed by atoms with van der Waals surface area (Å²) < 4.78 is 2.19. The molecule has 4 nitrogen and oxygen atoms in total. The second-order valence-corrected chi connectivity index (χ2v) is 5.85. The zero-order valence-electron chi connectivity index (χ0n) is 11.7. The van der Waals surface area contributed by atoms with Crippen LogP contribution in [0, 0.1) is 0 Å². The molecule has 0 saturated heterocycles. The summed E-state index contributed by atoms with van der Waals surface area (Å²) in [4.78, 5) is 9.50. The summed E-state index contributed by atoms with van der Waals surface area (Å²) >= 11 is 0. The molecule has 0 aliphatic heterocycles. The molecule has 2 aliphatic carbocycles. The van der Waals surface area contributed by atoms with Crippen molar-refractivity contribution in [1.82, 2.24) is 14.5 Å². The molecule has 0 spiro atoms. The van der Waals surface area contributed by atoms with E-state index in [-0.39, 0.29) is 0 Å². The molecule has 2 aliphatic rings. The van der Waals surface area contributed by atoms with Crippen LogP contribution in [0.15, 0.2) is 12.4 Å². The van der Waals surface area contributed by atoms with Gasteiger partial charge in [0.1, 0.15) is 12.1 Å². The molecule has 0 amide bonds. The van der Waals surface area contributed by atoms with E-state index in [1.54, 1.807) is 0 Å². The van der Waals surface area contributed by atoms with Crippen molar-refractivity contribution in [1.29, 1.82) is 0 Å². The summed E-state index contributed by atoms with van der Waals surface area (Å²) in [6.45, 7) is 0.544. The first-order chi connectivity index (χ1) is 9.86. The Balaban J connectivity index is 1.87. The third-order valence-corrected chi connectivity index (χ3v) is 4.59. The molecule has 4 rings (SSSR count). The second kappa shape index (κ2) is 4.70. The topological polar surface area (TPSA) is 56.7 Å². The number of rotatable bonds is 2. The highest BCUT2D eigenvalue weighted by molar-refractivity contribution is 5.43. The Morgan fingerprint density at radius 1 is 1.05 bits per heavy atom. The number of nitrogens with zero attached hydrogens (tertiary/aromatic N) is 3. The van der Waals surface area contributed by atoms with Crippen LogP contribution in [0.1, 0.15) is 47.5 Å². The summed E-state index contributed by atoms with van der Waals surface area (Å²) in [5.74, 6) is 1.02. The fraction of sp³-hybridized carbons (Fsp3) is 0.500. The van der Waals surface area contributed by atoms with Crippen molar-refractivity contribution in [2.75, 3.05) is 0 Å². The van der Waals surface area contributed by atoms with Gasteiger partial charge in [0.15, 0.2) is 0 Å². The molecule has 104 valence electrons. The molecule has 2 aromatic rings. The van der Waals surface area contributed by atoms with Crippen LogP contribution in [0.3, 0.4) is 0 Å². The van der Waals surface area contributed by atoms with Crippen LogP contribution in [0.2, 0.25) is 0 Å². The first kappa shape index (κ1) is 12.1. The van der Waals surface area contributed by atoms with Gasteiger partial charge in [0.2, 0.25) is 0 Å². The van der Waals surface area contributed by atoms with E-state index >= 15 is 0 Å². The number of imidazole rings is 1. The average molecular weight is 268 g/mol. The third kappa shape index (κ3) is 1.79. The van der Waals surface area contributed by atoms with Gasteiger partial charge < -0.3 is 5.73 Å². The normalized spacial score (nSPS) is 17.1. The number of nitrogens with two attached hydrogens (primary N) is 1. The van der Waals surface area contributed by atoms with E-state index in [1.165, 1.54) is 41.9 Å². The number of hydrogen-bond donors (Lipinski definition) is 1. The van der Waals surface area contributed by atoms with Crippen molar-refractivity contribution in [2.24, 2.45) is 5.73 Å². The van der Waals surface area contributed by atoms with Crippen molar-refractivity contribution >= 4 is 0 Å². The molecule has 0 unspecified atom stereocenters. The van der Waals surface area contributed by atoms with Crippen LogP contribution in [-0.2, 0) is 32.2 Å². The van der Waals surface area contributed by atoms with Crippen LogP contribution < -0.4 is 5.73 Å². The van der Waals surface area contributed by atoms with Gasteiger partial charge in [-0.2, -0.15) is 0 Å². The van der Waals surface area contributed by atoms with Gasteiger partial charge in [-0.05, 0) is 56.6 Å². The number of hydrogen-bond acceptors (Lipinski definition) is 3. The van der Waals surface area contributed by atoms with E-state index in [0.29, 0.717) is 6.54 Å². The SMILES string of the molecule is NCc1cc2c(nc1-n1cnc3c1CCCC3)CCC2. The Kier molecular flexibility index (Phi) is 2.84. The van der Waals surface area contributed by atoms with E-state index in [1.807, 2.05) is 6.33 Å². The fourth-order valence-corrected chi connectivity index (χ4v) is 3.52. The highest BCUT2D eigenvalue weighted by Crippen LogP contribution is 2.28. The molecule has 0 aromatic carbocycles. The highest BCUT2D eigenvalue weighted by atomic mass is 15.1. The van der Waals surface area contributed by atoms with Gasteiger partial charge in [-0.15, -0.1) is 0 Å². The minimum atomic E-state index is 0.544. The largest absolute Gasteiger partial charge is 0.326 e. The molecule has 2 N–H and O–H groups in total. The fourth-order valence-electron chi connectivity index (χ4n) is 3.52. The lowest BCUT2D eigenvalue weighted by atomic mass is 10.0. The Bertz CT molecular complexity index is 657. The molecule has 0 radical (unpaired) electrons. The minimum Gasteiger partial charge on any atom is -0.326 e. The predicted molar refractivity (Wildman–Crippen MR) is 77.9 cm³/mol. The molecule has 20 heavy (non-hydrogen) atoms. The monoisotopic (exact) mass is 268 g/mol. The van der Waals surface area contributed by atoms with E-state index in [0.717, 1.165) is 37.1 Å². The summed E-state index contributed by atoms with van der Waals surface area (Å²) in [6, 6.07) is 2.26. The smallest absolute Gasteiger partial charge is 0.142 e. The molecule has 0 saturated carbocycles. The van der Waals surface area contributed by atoms with Gasteiger partial charge in [-0.1, -0.05) is 0 Å². The molecule has 0 fully saturated rings. The van der Waals surface area contributed by atoms with Gasteiger partial charge in [-0.3, -0.25) is 4.57 Å². The van der Waals surface area contributed by atoms with Crippen molar-refractivity contribution < 1.29 is 0 Å². The Morgan fingerprint density at radius 3 is 2.80 bits per heavy atom. The van der Waals surface area contributed by atoms with Crippen LogP contribution in [0.5, 0.6) is 0 Å². The summed E-state index contributed by atoms with van der Waals surface area (Å²) in [5.41, 5.74) is 12.3. The summed E-state index contributed by atoms with van der Waals surface area (Å²) in [6.07, 6.45) is 10.1. The van der Waals surface area contributed by atoms with Crippen LogP contribution in [0.4, 0.5) is 0 Å². The van der Waals surface area contributed by atoms with Crippen LogP contribution in [0.25, 0.3) is 5.82 Å². The van der Waals surface area contributed by atoms with E-state index in [2.05, 4.69) is 15.6 Å². The summed E-state index contributed by atoms with van der Waals surface area (Å²) in [5, 5.41) is 0. The van der Waals surface area contributed by atoms with E-state index < -0.39 is 0 Å². The van der Waals surface area contributed by atoms with Crippen LogP contribution in [-0.4, -0.2) is 14.5 Å². The lowest BCUT2D eigenvalue weighted by Crippen LogP contribution is -2.13. The highest BCUT2D eigenvalue weighted by Gasteiger charge is 2.21. The zero-order valence-corrected chi connectivity index (χ0v) is 11.7. The minimum absolute atomic E-state index is 0.544. The quantitative estimate of drug-likeness (QED) is 0.907. The standard InChI is InChI=1S/C16H20N4/c17-9-12-8-11-4-3-6-13(11)19-16(12)20-10-18-14-5-1-2-7-15(14)20/h8,10H,1-7,9,17H2. The van der Waals surface area contributed by atoms with Gasteiger partial charge >= 0.3 is 0 Å². The van der Waals surface area contributed by atoms with Crippen molar-refractivity contribution in [3.05, 3.63) is 40.6 Å². The predicted octanol–water partition coefficient (Wildman–Crippen LogP) is 2.09. The van der Waals surface area contributed by atoms with E-state index in [4.69, 9.17) is 10.7 Å². The molecule has 0 bridgehead atoms. The third-order valence-electron chi connectivity index (χ3n) is 4.59. The van der Waals surface area contributed by atoms with Gasteiger partial charge in [0.05, 0.1) is 5.69 Å². The van der Waals surface area contributed by atoms with Crippen molar-refractivity contribution in [2.45, 2.75) is 51.5 Å². The zero-order chi connectivity index (χ0) is 13.5. The van der Waals surface area contributed by atoms with Crippen LogP contribution >= 0.6 is 0 Å². The molecule has 0 atom stereocenters. The maximum Gasteiger partial charge on any atom is 0.142 e. The van der Waals surface area contributed by atoms with Crippen molar-refractivity contribution in [3.8, 4) is 5.82 Å².